The van der Waals surface area contributed by atoms with Crippen molar-refractivity contribution < 1.29 is 14.7 Å². The van der Waals surface area contributed by atoms with Gasteiger partial charge in [0.05, 0.1) is 17.0 Å². The number of hydrogen-bond donors (Lipinski definition) is 1. The van der Waals surface area contributed by atoms with E-state index in [0.717, 1.165) is 58.5 Å². The lowest BCUT2D eigenvalue weighted by atomic mass is 9.66. The van der Waals surface area contributed by atoms with Gasteiger partial charge in [-0.15, -0.1) is 5.54 Å². The van der Waals surface area contributed by atoms with Gasteiger partial charge in [0.15, 0.2) is 5.78 Å². The molecule has 1 fully saturated rings. The highest BCUT2D eigenvalue weighted by Crippen LogP contribution is 2.47. The van der Waals surface area contributed by atoms with Gasteiger partial charge in [0.1, 0.15) is 8.07 Å². The first-order valence-electron chi connectivity index (χ1n) is 13.4. The monoisotopic (exact) mass is 512 g/mol. The van der Waals surface area contributed by atoms with Crippen LogP contribution in [0.4, 0.5) is 4.79 Å². The lowest BCUT2D eigenvalue weighted by Crippen LogP contribution is -2.39. The SMILES string of the molecule is CCc1cc2c(cc1C1CCN(C(=O)O)CC1)C(C)(C)C1=NC3=CC(C#C[Si](C)(C)C)=CCC3=C1C2=O. The van der Waals surface area contributed by atoms with Crippen LogP contribution in [-0.4, -0.2) is 48.8 Å². The van der Waals surface area contributed by atoms with E-state index in [2.05, 4.69) is 76.2 Å². The number of piperidine rings is 1. The molecule has 1 aromatic carbocycles. The number of likely N-dealkylation sites (tertiary alicyclic amines) is 1. The number of nitrogens with zero attached hydrogens (tertiary/aromatic N) is 2. The Morgan fingerprint density at radius 3 is 2.54 bits per heavy atom. The number of ketones is 1. The summed E-state index contributed by atoms with van der Waals surface area (Å²) in [5.74, 6) is 3.73. The van der Waals surface area contributed by atoms with Crippen molar-refractivity contribution in [1.29, 1.82) is 0 Å². The molecule has 0 atom stereocenters. The molecule has 1 amide bonds. The van der Waals surface area contributed by atoms with E-state index in [0.29, 0.717) is 25.4 Å². The summed E-state index contributed by atoms with van der Waals surface area (Å²) >= 11 is 0. The van der Waals surface area contributed by atoms with Crippen molar-refractivity contribution in [2.24, 2.45) is 4.99 Å². The quantitative estimate of drug-likeness (QED) is 0.367. The third-order valence-corrected chi connectivity index (χ3v) is 8.96. The summed E-state index contributed by atoms with van der Waals surface area (Å²) in [5.41, 5.74) is 11.9. The van der Waals surface area contributed by atoms with Crippen LogP contribution in [0.5, 0.6) is 0 Å². The molecule has 2 aliphatic heterocycles. The number of amides is 1. The van der Waals surface area contributed by atoms with Gasteiger partial charge < -0.3 is 10.0 Å². The summed E-state index contributed by atoms with van der Waals surface area (Å²) in [4.78, 5) is 31.9. The van der Waals surface area contributed by atoms with Gasteiger partial charge in [0.2, 0.25) is 0 Å². The topological polar surface area (TPSA) is 70.0 Å². The molecule has 37 heavy (non-hydrogen) atoms. The molecule has 0 saturated carbocycles. The highest BCUT2D eigenvalue weighted by molar-refractivity contribution is 6.83. The molecule has 1 N–H and O–H groups in total. The van der Waals surface area contributed by atoms with E-state index in [1.165, 1.54) is 16.0 Å². The molecule has 5 nitrogen and oxygen atoms in total. The van der Waals surface area contributed by atoms with Crippen molar-refractivity contribution in [2.45, 2.75) is 77.4 Å². The maximum atomic E-state index is 14.0. The largest absolute Gasteiger partial charge is 0.465 e. The van der Waals surface area contributed by atoms with Gasteiger partial charge in [-0.25, -0.2) is 4.79 Å². The highest BCUT2D eigenvalue weighted by Gasteiger charge is 2.46. The molecule has 0 spiro atoms. The minimum Gasteiger partial charge on any atom is -0.465 e. The van der Waals surface area contributed by atoms with E-state index < -0.39 is 19.6 Å². The molecule has 4 aliphatic rings. The van der Waals surface area contributed by atoms with Gasteiger partial charge in [-0.05, 0) is 66.0 Å². The lowest BCUT2D eigenvalue weighted by molar-refractivity contribution is 0.103. The fourth-order valence-corrected chi connectivity index (χ4v) is 6.52. The van der Waals surface area contributed by atoms with Gasteiger partial charge in [-0.3, -0.25) is 9.79 Å². The fourth-order valence-electron chi connectivity index (χ4n) is 6.00. The molecular weight excluding hydrogens is 476 g/mol. The Kier molecular flexibility index (Phi) is 6.19. The fraction of sp³-hybridized carbons (Fsp3) is 0.452. The Balaban J connectivity index is 1.55. The predicted molar refractivity (Wildman–Crippen MR) is 151 cm³/mol. The normalized spacial score (nSPS) is 20.8. The van der Waals surface area contributed by atoms with E-state index >= 15 is 0 Å². The van der Waals surface area contributed by atoms with Crippen LogP contribution < -0.4 is 0 Å². The van der Waals surface area contributed by atoms with Crippen molar-refractivity contribution in [2.75, 3.05) is 13.1 Å². The van der Waals surface area contributed by atoms with Gasteiger partial charge in [-0.2, -0.15) is 0 Å². The summed E-state index contributed by atoms with van der Waals surface area (Å²) < 4.78 is 0. The third-order valence-electron chi connectivity index (χ3n) is 8.08. The van der Waals surface area contributed by atoms with Gasteiger partial charge in [0.25, 0.3) is 0 Å². The molecular formula is C31H36N2O3Si. The Morgan fingerprint density at radius 1 is 1.22 bits per heavy atom. The van der Waals surface area contributed by atoms with Crippen molar-refractivity contribution in [1.82, 2.24) is 4.90 Å². The van der Waals surface area contributed by atoms with Gasteiger partial charge in [0, 0.05) is 29.6 Å². The number of benzene rings is 1. The summed E-state index contributed by atoms with van der Waals surface area (Å²) in [6, 6.07) is 4.37. The van der Waals surface area contributed by atoms with Crippen LogP contribution in [0.3, 0.4) is 0 Å². The van der Waals surface area contributed by atoms with Gasteiger partial charge in [-0.1, -0.05) is 58.5 Å². The Bertz CT molecular complexity index is 1400. The van der Waals surface area contributed by atoms with Crippen LogP contribution in [0.15, 0.2) is 51.7 Å². The molecule has 6 heteroatoms. The van der Waals surface area contributed by atoms with Crippen LogP contribution in [0.1, 0.15) is 73.0 Å². The zero-order valence-electron chi connectivity index (χ0n) is 22.8. The number of hydrogen-bond acceptors (Lipinski definition) is 3. The zero-order chi connectivity index (χ0) is 26.7. The number of Topliss-reactive ketones (excluding diaryl/α,β-unsaturated/α-hetero) is 1. The van der Waals surface area contributed by atoms with E-state index in [1.807, 2.05) is 0 Å². The molecule has 1 aromatic rings. The summed E-state index contributed by atoms with van der Waals surface area (Å²) in [5, 5.41) is 9.37. The maximum Gasteiger partial charge on any atom is 0.407 e. The Labute approximate surface area is 221 Å². The number of carboxylic acid groups (broad SMARTS) is 1. The molecule has 0 radical (unpaired) electrons. The molecule has 2 heterocycles. The average molecular weight is 513 g/mol. The first kappa shape index (κ1) is 25.5. The van der Waals surface area contributed by atoms with Crippen LogP contribution in [0.2, 0.25) is 19.6 Å². The predicted octanol–water partition coefficient (Wildman–Crippen LogP) is 6.43. The second-order valence-electron chi connectivity index (χ2n) is 12.2. The number of carbonyl (C=O) groups excluding carboxylic acids is 1. The molecule has 0 bridgehead atoms. The van der Waals surface area contributed by atoms with Crippen molar-refractivity contribution >= 4 is 25.7 Å². The first-order valence-corrected chi connectivity index (χ1v) is 16.9. The molecule has 1 saturated heterocycles. The number of carbonyl (C=O) groups is 2. The molecule has 0 unspecified atom stereocenters. The molecule has 5 rings (SSSR count). The maximum absolute atomic E-state index is 14.0. The second kappa shape index (κ2) is 8.99. The number of rotatable bonds is 2. The smallest absolute Gasteiger partial charge is 0.407 e. The van der Waals surface area contributed by atoms with E-state index in [9.17, 15) is 14.7 Å². The number of allylic oxidation sites excluding steroid dienone is 5. The van der Waals surface area contributed by atoms with E-state index in [-0.39, 0.29) is 5.78 Å². The summed E-state index contributed by atoms with van der Waals surface area (Å²) in [6.45, 7) is 14.3. The molecule has 2 aliphatic carbocycles. The van der Waals surface area contributed by atoms with Crippen molar-refractivity contribution in [3.8, 4) is 11.5 Å². The summed E-state index contributed by atoms with van der Waals surface area (Å²) in [6.07, 6.45) is 6.49. The second-order valence-corrected chi connectivity index (χ2v) is 16.9. The minimum absolute atomic E-state index is 0.0819. The zero-order valence-corrected chi connectivity index (χ0v) is 23.8. The van der Waals surface area contributed by atoms with Gasteiger partial charge >= 0.3 is 6.09 Å². The van der Waals surface area contributed by atoms with Crippen LogP contribution in [0, 0.1) is 11.5 Å². The number of aryl methyl sites for hydroxylation is 1. The van der Waals surface area contributed by atoms with Crippen LogP contribution in [-0.2, 0) is 11.8 Å². The Hall–Kier alpha value is -3.17. The molecule has 0 aromatic heterocycles. The standard InChI is InChI=1S/C31H36N2O3Si/c1-7-20-17-24-25(18-23(20)21-10-13-33(14-11-21)30(35)36)31(2,3)29-27(28(24)34)22-9-8-19(16-26(22)32-29)12-15-37(4,5)6/h8,16-18,21H,7,9-11,13-14H2,1-6H3,(H,35,36). The Morgan fingerprint density at radius 2 is 1.92 bits per heavy atom. The third kappa shape index (κ3) is 4.44. The average Bonchev–Trinajstić information content (AvgIpc) is 3.25. The number of aliphatic imine (C=N–C) groups is 1. The molecule has 192 valence electrons. The van der Waals surface area contributed by atoms with Crippen LogP contribution >= 0.6 is 0 Å². The van der Waals surface area contributed by atoms with E-state index in [1.54, 1.807) is 0 Å². The number of fused-ring (bicyclic) bond motifs is 3. The van der Waals surface area contributed by atoms with Crippen molar-refractivity contribution in [3.63, 3.8) is 0 Å². The minimum atomic E-state index is -1.49. The highest BCUT2D eigenvalue weighted by atomic mass is 28.3. The summed E-state index contributed by atoms with van der Waals surface area (Å²) in [7, 11) is -1.49. The first-order chi connectivity index (χ1) is 17.4. The van der Waals surface area contributed by atoms with Crippen molar-refractivity contribution in [3.05, 3.63) is 69.0 Å². The lowest BCUT2D eigenvalue weighted by Gasteiger charge is -2.37. The van der Waals surface area contributed by atoms with E-state index in [4.69, 9.17) is 4.99 Å². The van der Waals surface area contributed by atoms with Crippen LogP contribution in [0.25, 0.3) is 0 Å².